The van der Waals surface area contributed by atoms with Crippen molar-refractivity contribution in [3.63, 3.8) is 0 Å². The van der Waals surface area contributed by atoms with Crippen LogP contribution < -0.4 is 4.74 Å². The minimum Gasteiger partial charge on any atom is -0.423 e. The molecule has 4 heteroatoms. The first kappa shape index (κ1) is 25.9. The Bertz CT molecular complexity index is 875. The van der Waals surface area contributed by atoms with Gasteiger partial charge in [0.2, 0.25) is 0 Å². The lowest BCUT2D eigenvalue weighted by atomic mass is 9.84. The predicted molar refractivity (Wildman–Crippen MR) is 140 cm³/mol. The summed E-state index contributed by atoms with van der Waals surface area (Å²) in [5.74, 6) is 1.33. The first-order valence-corrected chi connectivity index (χ1v) is 13.9. The summed E-state index contributed by atoms with van der Waals surface area (Å²) in [4.78, 5) is 12.6. The third-order valence-electron chi connectivity index (χ3n) is 7.52. The van der Waals surface area contributed by atoms with Gasteiger partial charge in [-0.3, -0.25) is 0 Å². The minimum absolute atomic E-state index is 0.323. The summed E-state index contributed by atoms with van der Waals surface area (Å²) in [5.41, 5.74) is 2.89. The molecule has 4 rings (SSSR count). The van der Waals surface area contributed by atoms with Gasteiger partial charge < -0.3 is 14.2 Å². The zero-order valence-electron chi connectivity index (χ0n) is 21.4. The molecule has 2 fully saturated rings. The average Bonchev–Trinajstić information content (AvgIpc) is 2.92. The van der Waals surface area contributed by atoms with Crippen LogP contribution in [-0.4, -0.2) is 19.2 Å². The summed E-state index contributed by atoms with van der Waals surface area (Å²) in [6.07, 6.45) is 15.2. The molecular weight excluding hydrogens is 436 g/mol. The van der Waals surface area contributed by atoms with Gasteiger partial charge in [0, 0.05) is 11.5 Å². The van der Waals surface area contributed by atoms with Gasteiger partial charge in [-0.15, -0.1) is 0 Å². The summed E-state index contributed by atoms with van der Waals surface area (Å²) >= 11 is 0. The third-order valence-corrected chi connectivity index (χ3v) is 7.52. The van der Waals surface area contributed by atoms with Crippen molar-refractivity contribution in [2.75, 3.05) is 13.2 Å². The number of carbonyl (C=O) groups excluding carboxylic acids is 1. The van der Waals surface area contributed by atoms with Gasteiger partial charge >= 0.3 is 5.97 Å². The van der Waals surface area contributed by atoms with Crippen LogP contribution in [0.25, 0.3) is 0 Å². The summed E-state index contributed by atoms with van der Waals surface area (Å²) in [6, 6.07) is 15.5. The maximum absolute atomic E-state index is 12.6. The van der Waals surface area contributed by atoms with Crippen LogP contribution in [0.4, 0.5) is 0 Å². The molecule has 0 radical (unpaired) electrons. The zero-order chi connectivity index (χ0) is 24.3. The van der Waals surface area contributed by atoms with E-state index in [1.54, 1.807) is 0 Å². The Balaban J connectivity index is 1.19. The molecule has 0 amide bonds. The quantitative estimate of drug-likeness (QED) is 0.185. The molecule has 0 unspecified atom stereocenters. The number of benzene rings is 2. The average molecular weight is 479 g/mol. The molecule has 190 valence electrons. The van der Waals surface area contributed by atoms with Crippen LogP contribution in [0.1, 0.15) is 118 Å². The molecule has 1 aliphatic carbocycles. The Labute approximate surface area is 211 Å². The van der Waals surface area contributed by atoms with Crippen LogP contribution >= 0.6 is 0 Å². The molecule has 1 saturated carbocycles. The maximum Gasteiger partial charge on any atom is 0.343 e. The Morgan fingerprint density at radius 1 is 0.800 bits per heavy atom. The van der Waals surface area contributed by atoms with Gasteiger partial charge in [0.25, 0.3) is 0 Å². The van der Waals surface area contributed by atoms with Crippen molar-refractivity contribution >= 4 is 5.97 Å². The van der Waals surface area contributed by atoms with E-state index in [2.05, 4.69) is 19.1 Å². The molecule has 35 heavy (non-hydrogen) atoms. The van der Waals surface area contributed by atoms with Crippen LogP contribution in [0, 0.1) is 5.92 Å². The highest BCUT2D eigenvalue weighted by molar-refractivity contribution is 5.91. The van der Waals surface area contributed by atoms with Crippen molar-refractivity contribution in [2.24, 2.45) is 5.92 Å². The minimum atomic E-state index is -0.340. The maximum atomic E-state index is 12.6. The van der Waals surface area contributed by atoms with Crippen molar-refractivity contribution in [1.82, 2.24) is 0 Å². The largest absolute Gasteiger partial charge is 0.423 e. The number of rotatable bonds is 11. The van der Waals surface area contributed by atoms with Crippen LogP contribution in [-0.2, 0) is 9.47 Å². The monoisotopic (exact) mass is 478 g/mol. The first-order valence-electron chi connectivity index (χ1n) is 13.9. The van der Waals surface area contributed by atoms with E-state index in [1.807, 2.05) is 36.4 Å². The van der Waals surface area contributed by atoms with Crippen molar-refractivity contribution in [1.29, 1.82) is 0 Å². The van der Waals surface area contributed by atoms with E-state index in [9.17, 15) is 4.79 Å². The standard InChI is InChI=1S/C31H42O4/c1-2-3-4-5-6-8-11-24-22-33-31(34-23-24)28-18-20-29(21-19-28)35-30(32)27-16-14-26(15-17-27)25-12-9-7-10-13-25/h14-21,24-25,31H,2-13,22-23H2,1H3. The lowest BCUT2D eigenvalue weighted by molar-refractivity contribution is -0.206. The fourth-order valence-corrected chi connectivity index (χ4v) is 5.30. The third kappa shape index (κ3) is 7.91. The van der Waals surface area contributed by atoms with Gasteiger partial charge in [0.15, 0.2) is 6.29 Å². The molecule has 0 atom stereocenters. The summed E-state index contributed by atoms with van der Waals surface area (Å²) in [7, 11) is 0. The topological polar surface area (TPSA) is 44.8 Å². The van der Waals surface area contributed by atoms with E-state index < -0.39 is 0 Å². The normalized spacial score (nSPS) is 21.1. The van der Waals surface area contributed by atoms with E-state index in [4.69, 9.17) is 14.2 Å². The van der Waals surface area contributed by atoms with E-state index >= 15 is 0 Å². The fraction of sp³-hybridized carbons (Fsp3) is 0.581. The Kier molecular flexibility index (Phi) is 10.2. The molecule has 0 bridgehead atoms. The molecule has 2 aliphatic rings. The number of unbranched alkanes of at least 4 members (excludes halogenated alkanes) is 5. The molecule has 0 N–H and O–H groups in total. The molecule has 2 aromatic carbocycles. The fourth-order valence-electron chi connectivity index (χ4n) is 5.30. The van der Waals surface area contributed by atoms with Gasteiger partial charge in [-0.2, -0.15) is 0 Å². The number of hydrogen-bond donors (Lipinski definition) is 0. The summed E-state index contributed by atoms with van der Waals surface area (Å²) in [5, 5.41) is 0. The summed E-state index contributed by atoms with van der Waals surface area (Å²) < 4.78 is 17.6. The first-order chi connectivity index (χ1) is 17.2. The van der Waals surface area contributed by atoms with Gasteiger partial charge in [-0.25, -0.2) is 4.79 Å². The molecule has 1 saturated heterocycles. The molecule has 4 nitrogen and oxygen atoms in total. The number of esters is 1. The lowest BCUT2D eigenvalue weighted by Gasteiger charge is -2.29. The van der Waals surface area contributed by atoms with Gasteiger partial charge in [0.1, 0.15) is 5.75 Å². The van der Waals surface area contributed by atoms with E-state index in [0.717, 1.165) is 18.8 Å². The highest BCUT2D eigenvalue weighted by atomic mass is 16.7. The zero-order valence-corrected chi connectivity index (χ0v) is 21.4. The molecule has 1 heterocycles. The molecule has 0 spiro atoms. The van der Waals surface area contributed by atoms with E-state index in [0.29, 0.717) is 23.1 Å². The van der Waals surface area contributed by atoms with E-state index in [-0.39, 0.29) is 12.3 Å². The van der Waals surface area contributed by atoms with Crippen molar-refractivity contribution in [3.8, 4) is 5.75 Å². The SMILES string of the molecule is CCCCCCCCC1COC(c2ccc(OC(=O)c3ccc(C4CCCCC4)cc3)cc2)OC1. The number of ether oxygens (including phenoxy) is 3. The highest BCUT2D eigenvalue weighted by Gasteiger charge is 2.23. The Morgan fingerprint density at radius 2 is 1.43 bits per heavy atom. The Morgan fingerprint density at radius 3 is 2.11 bits per heavy atom. The molecule has 0 aromatic heterocycles. The second-order valence-electron chi connectivity index (χ2n) is 10.3. The number of hydrogen-bond acceptors (Lipinski definition) is 4. The highest BCUT2D eigenvalue weighted by Crippen LogP contribution is 2.33. The van der Waals surface area contributed by atoms with Gasteiger partial charge in [-0.1, -0.05) is 89.0 Å². The van der Waals surface area contributed by atoms with Crippen LogP contribution in [0.5, 0.6) is 5.75 Å². The summed E-state index contributed by atoms with van der Waals surface area (Å²) in [6.45, 7) is 3.74. The van der Waals surface area contributed by atoms with Gasteiger partial charge in [0.05, 0.1) is 18.8 Å². The lowest BCUT2D eigenvalue weighted by Crippen LogP contribution is -2.27. The van der Waals surface area contributed by atoms with Gasteiger partial charge in [-0.05, 0) is 55.0 Å². The van der Waals surface area contributed by atoms with Crippen molar-refractivity contribution in [3.05, 3.63) is 65.2 Å². The van der Waals surface area contributed by atoms with Crippen LogP contribution in [0.2, 0.25) is 0 Å². The predicted octanol–water partition coefficient (Wildman–Crippen LogP) is 8.37. The van der Waals surface area contributed by atoms with Crippen molar-refractivity contribution in [2.45, 2.75) is 96.2 Å². The Hall–Kier alpha value is -2.17. The number of carbonyl (C=O) groups is 1. The van der Waals surface area contributed by atoms with E-state index in [1.165, 1.54) is 82.6 Å². The smallest absolute Gasteiger partial charge is 0.343 e. The molecule has 1 aliphatic heterocycles. The van der Waals surface area contributed by atoms with Crippen molar-refractivity contribution < 1.29 is 19.0 Å². The second kappa shape index (κ2) is 13.8. The second-order valence-corrected chi connectivity index (χ2v) is 10.3. The molecule has 2 aromatic rings. The molecular formula is C31H42O4. The van der Waals surface area contributed by atoms with Crippen LogP contribution in [0.3, 0.4) is 0 Å². The van der Waals surface area contributed by atoms with Crippen LogP contribution in [0.15, 0.2) is 48.5 Å².